The van der Waals surface area contributed by atoms with Gasteiger partial charge in [-0.3, -0.25) is 0 Å². The lowest BCUT2D eigenvalue weighted by Crippen LogP contribution is -2.25. The van der Waals surface area contributed by atoms with E-state index in [1.54, 1.807) is 0 Å². The Balaban J connectivity index is 2.06. The van der Waals surface area contributed by atoms with Crippen LogP contribution in [0.2, 0.25) is 5.02 Å². The van der Waals surface area contributed by atoms with Gasteiger partial charge in [0.05, 0.1) is 11.0 Å². The van der Waals surface area contributed by atoms with Gasteiger partial charge in [-0.15, -0.1) is 0 Å². The zero-order valence-corrected chi connectivity index (χ0v) is 10.6. The van der Waals surface area contributed by atoms with Crippen LogP contribution in [0, 0.1) is 0 Å². The van der Waals surface area contributed by atoms with Gasteiger partial charge in [0.15, 0.2) is 9.84 Å². The molecule has 0 aromatic carbocycles. The standard InChI is InChI=1S/C9H13ClN4O2S/c10-7-8(11)13-5-14-9(7)12-4-6-2-1-3-17(6,15)16/h5-6H,1-4H2,(H3,11,12,13,14)/t6-/m0/s1. The van der Waals surface area contributed by atoms with Gasteiger partial charge >= 0.3 is 0 Å². The number of aromatic nitrogens is 2. The van der Waals surface area contributed by atoms with Gasteiger partial charge in [0.1, 0.15) is 23.0 Å². The minimum absolute atomic E-state index is 0.179. The summed E-state index contributed by atoms with van der Waals surface area (Å²) in [6, 6.07) is 0. The van der Waals surface area contributed by atoms with Crippen LogP contribution in [0.3, 0.4) is 0 Å². The predicted octanol–water partition coefficient (Wildman–Crippen LogP) is 0.701. The third kappa shape index (κ3) is 2.61. The number of nitrogens with two attached hydrogens (primary N) is 1. The van der Waals surface area contributed by atoms with Gasteiger partial charge in [-0.2, -0.15) is 0 Å². The highest BCUT2D eigenvalue weighted by Gasteiger charge is 2.31. The third-order valence-corrected chi connectivity index (χ3v) is 5.42. The quantitative estimate of drug-likeness (QED) is 0.843. The second-order valence-corrected chi connectivity index (χ2v) is 6.71. The highest BCUT2D eigenvalue weighted by molar-refractivity contribution is 7.92. The van der Waals surface area contributed by atoms with Gasteiger partial charge in [-0.25, -0.2) is 18.4 Å². The molecule has 1 aliphatic rings. The van der Waals surface area contributed by atoms with E-state index >= 15 is 0 Å². The molecule has 6 nitrogen and oxygen atoms in total. The first kappa shape index (κ1) is 12.4. The average molecular weight is 277 g/mol. The molecule has 2 heterocycles. The zero-order valence-electron chi connectivity index (χ0n) is 9.06. The Kier molecular flexibility index (Phi) is 3.39. The molecule has 17 heavy (non-hydrogen) atoms. The summed E-state index contributed by atoms with van der Waals surface area (Å²) < 4.78 is 23.2. The van der Waals surface area contributed by atoms with Crippen LogP contribution in [-0.2, 0) is 9.84 Å². The molecule has 2 rings (SSSR count). The van der Waals surface area contributed by atoms with Crippen molar-refractivity contribution in [3.8, 4) is 0 Å². The van der Waals surface area contributed by atoms with Crippen LogP contribution < -0.4 is 11.1 Å². The summed E-state index contributed by atoms with van der Waals surface area (Å²) in [5, 5.41) is 2.77. The van der Waals surface area contributed by atoms with Crippen LogP contribution in [-0.4, -0.2) is 35.9 Å². The first-order chi connectivity index (χ1) is 8.00. The lowest BCUT2D eigenvalue weighted by Gasteiger charge is -2.12. The number of anilines is 2. The summed E-state index contributed by atoms with van der Waals surface area (Å²) in [7, 11) is -2.96. The van der Waals surface area contributed by atoms with E-state index in [1.807, 2.05) is 0 Å². The van der Waals surface area contributed by atoms with Crippen LogP contribution in [0.4, 0.5) is 11.6 Å². The minimum Gasteiger partial charge on any atom is -0.382 e. The van der Waals surface area contributed by atoms with Crippen LogP contribution in [0.1, 0.15) is 12.8 Å². The molecular weight excluding hydrogens is 264 g/mol. The molecule has 0 aliphatic carbocycles. The number of nitrogens with one attached hydrogen (secondary N) is 1. The van der Waals surface area contributed by atoms with E-state index in [2.05, 4.69) is 15.3 Å². The molecule has 0 bridgehead atoms. The first-order valence-corrected chi connectivity index (χ1v) is 7.31. The van der Waals surface area contributed by atoms with Crippen molar-refractivity contribution in [3.05, 3.63) is 11.3 Å². The summed E-state index contributed by atoms with van der Waals surface area (Å²) in [4.78, 5) is 7.64. The number of nitrogen functional groups attached to an aromatic ring is 1. The topological polar surface area (TPSA) is 98.0 Å². The summed E-state index contributed by atoms with van der Waals surface area (Å²) in [6.07, 6.45) is 2.68. The van der Waals surface area contributed by atoms with Gasteiger partial charge < -0.3 is 11.1 Å². The molecular formula is C9H13ClN4O2S. The number of halogens is 1. The fourth-order valence-electron chi connectivity index (χ4n) is 1.80. The molecule has 94 valence electrons. The zero-order chi connectivity index (χ0) is 12.5. The average Bonchev–Trinajstić information content (AvgIpc) is 2.60. The van der Waals surface area contributed by atoms with Gasteiger partial charge in [-0.1, -0.05) is 11.6 Å². The lowest BCUT2D eigenvalue weighted by molar-refractivity contribution is 0.591. The third-order valence-electron chi connectivity index (χ3n) is 2.78. The van der Waals surface area contributed by atoms with E-state index in [-0.39, 0.29) is 21.8 Å². The van der Waals surface area contributed by atoms with Crippen molar-refractivity contribution >= 4 is 33.1 Å². The summed E-state index contributed by atoms with van der Waals surface area (Å²) in [5.41, 5.74) is 5.52. The van der Waals surface area contributed by atoms with Crippen molar-refractivity contribution in [1.29, 1.82) is 0 Å². The van der Waals surface area contributed by atoms with E-state index in [1.165, 1.54) is 6.33 Å². The summed E-state index contributed by atoms with van der Waals surface area (Å²) in [6.45, 7) is 0.304. The van der Waals surface area contributed by atoms with Crippen molar-refractivity contribution in [2.45, 2.75) is 18.1 Å². The molecule has 0 radical (unpaired) electrons. The number of sulfone groups is 1. The summed E-state index contributed by atoms with van der Waals surface area (Å²) in [5.74, 6) is 0.818. The maximum Gasteiger partial charge on any atom is 0.154 e. The fraction of sp³-hybridized carbons (Fsp3) is 0.556. The molecule has 1 saturated heterocycles. The van der Waals surface area contributed by atoms with Gasteiger partial charge in [0.25, 0.3) is 0 Å². The highest BCUT2D eigenvalue weighted by atomic mass is 35.5. The van der Waals surface area contributed by atoms with Crippen LogP contribution in [0.25, 0.3) is 0 Å². The maximum absolute atomic E-state index is 11.6. The second kappa shape index (κ2) is 4.66. The van der Waals surface area contributed by atoms with Gasteiger partial charge in [-0.05, 0) is 12.8 Å². The molecule has 8 heteroatoms. The monoisotopic (exact) mass is 276 g/mol. The van der Waals surface area contributed by atoms with Crippen LogP contribution >= 0.6 is 11.6 Å². The molecule has 1 aliphatic heterocycles. The van der Waals surface area contributed by atoms with E-state index in [9.17, 15) is 8.42 Å². The molecule has 1 atom stereocenters. The van der Waals surface area contributed by atoms with Crippen molar-refractivity contribution in [2.24, 2.45) is 0 Å². The van der Waals surface area contributed by atoms with Gasteiger partial charge in [0.2, 0.25) is 0 Å². The Morgan fingerprint density at radius 3 is 2.94 bits per heavy atom. The van der Waals surface area contributed by atoms with Crippen molar-refractivity contribution < 1.29 is 8.42 Å². The minimum atomic E-state index is -2.96. The Labute approximate surface area is 105 Å². The van der Waals surface area contributed by atoms with E-state index < -0.39 is 9.84 Å². The van der Waals surface area contributed by atoms with Gasteiger partial charge in [0, 0.05) is 6.54 Å². The highest BCUT2D eigenvalue weighted by Crippen LogP contribution is 2.25. The smallest absolute Gasteiger partial charge is 0.154 e. The van der Waals surface area contributed by atoms with E-state index in [4.69, 9.17) is 17.3 Å². The van der Waals surface area contributed by atoms with Crippen LogP contribution in [0.5, 0.6) is 0 Å². The normalized spacial score (nSPS) is 22.5. The first-order valence-electron chi connectivity index (χ1n) is 5.22. The molecule has 1 fully saturated rings. The SMILES string of the molecule is Nc1ncnc(NC[C@@H]2CCCS2(=O)=O)c1Cl. The predicted molar refractivity (Wildman–Crippen MR) is 66.8 cm³/mol. The number of hydrogen-bond donors (Lipinski definition) is 2. The van der Waals surface area contributed by atoms with Crippen molar-refractivity contribution in [2.75, 3.05) is 23.3 Å². The molecule has 1 aromatic heterocycles. The summed E-state index contributed by atoms with van der Waals surface area (Å²) >= 11 is 5.89. The van der Waals surface area contributed by atoms with Crippen LogP contribution in [0.15, 0.2) is 6.33 Å². The van der Waals surface area contributed by atoms with E-state index in [0.717, 1.165) is 0 Å². The second-order valence-electron chi connectivity index (χ2n) is 3.93. The molecule has 0 amide bonds. The number of rotatable bonds is 3. The van der Waals surface area contributed by atoms with Crippen molar-refractivity contribution in [3.63, 3.8) is 0 Å². The maximum atomic E-state index is 11.6. The Hall–Kier alpha value is -1.08. The molecule has 0 unspecified atom stereocenters. The largest absolute Gasteiger partial charge is 0.382 e. The number of nitrogens with zero attached hydrogens (tertiary/aromatic N) is 2. The molecule has 3 N–H and O–H groups in total. The Morgan fingerprint density at radius 2 is 2.29 bits per heavy atom. The Bertz CT molecular complexity index is 520. The number of hydrogen-bond acceptors (Lipinski definition) is 6. The van der Waals surface area contributed by atoms with Crippen molar-refractivity contribution in [1.82, 2.24) is 9.97 Å². The molecule has 0 spiro atoms. The lowest BCUT2D eigenvalue weighted by atomic mass is 10.2. The van der Waals surface area contributed by atoms with E-state index in [0.29, 0.717) is 25.2 Å². The molecule has 1 aromatic rings. The Morgan fingerprint density at radius 1 is 1.53 bits per heavy atom. The molecule has 0 saturated carbocycles. The fourth-order valence-corrected chi connectivity index (χ4v) is 3.73.